The van der Waals surface area contributed by atoms with Crippen LogP contribution in [0.1, 0.15) is 34.3 Å². The van der Waals surface area contributed by atoms with E-state index in [2.05, 4.69) is 10.2 Å². The number of rotatable bonds is 8. The molecule has 1 fully saturated rings. The number of nitrogens with zero attached hydrogens (tertiary/aromatic N) is 1. The van der Waals surface area contributed by atoms with Gasteiger partial charge in [0.25, 0.3) is 5.91 Å². The van der Waals surface area contributed by atoms with E-state index in [-0.39, 0.29) is 30.3 Å². The van der Waals surface area contributed by atoms with Crippen LogP contribution in [0, 0.1) is 5.82 Å². The average Bonchev–Trinajstić information content (AvgIpc) is 3.28. The molecule has 2 amide bonds. The van der Waals surface area contributed by atoms with Gasteiger partial charge in [-0.1, -0.05) is 36.4 Å². The van der Waals surface area contributed by atoms with Crippen LogP contribution in [0.4, 0.5) is 10.1 Å². The molecule has 1 aliphatic heterocycles. The highest BCUT2D eigenvalue weighted by Crippen LogP contribution is 2.24. The number of anilines is 1. The molecule has 4 rings (SSSR count). The van der Waals surface area contributed by atoms with Crippen LogP contribution in [-0.4, -0.2) is 29.3 Å². The van der Waals surface area contributed by atoms with E-state index < -0.39 is 0 Å². The molecule has 7 heteroatoms. The number of carbonyl (C=O) groups excluding carboxylic acids is 2. The van der Waals surface area contributed by atoms with E-state index in [1.807, 2.05) is 30.3 Å². The minimum atomic E-state index is -0.365. The first-order chi connectivity index (χ1) is 16.0. The van der Waals surface area contributed by atoms with Gasteiger partial charge in [-0.25, -0.2) is 4.39 Å². The lowest BCUT2D eigenvalue weighted by molar-refractivity contribution is -0.122. The molecule has 3 N–H and O–H groups in total. The van der Waals surface area contributed by atoms with Gasteiger partial charge in [0.05, 0.1) is 6.04 Å². The zero-order valence-electron chi connectivity index (χ0n) is 18.2. The van der Waals surface area contributed by atoms with Gasteiger partial charge >= 0.3 is 0 Å². The lowest BCUT2D eigenvalue weighted by Crippen LogP contribution is -2.39. The quantitative estimate of drug-likeness (QED) is 0.544. The van der Waals surface area contributed by atoms with E-state index in [4.69, 9.17) is 10.5 Å². The Hall–Kier alpha value is -3.71. The molecular weight excluding hydrogens is 421 g/mol. The summed E-state index contributed by atoms with van der Waals surface area (Å²) in [6, 6.07) is 20.3. The zero-order chi connectivity index (χ0) is 23.2. The number of hydrogen-bond acceptors (Lipinski definition) is 4. The largest absolute Gasteiger partial charge is 0.489 e. The van der Waals surface area contributed by atoms with E-state index in [0.29, 0.717) is 23.5 Å². The van der Waals surface area contributed by atoms with Crippen molar-refractivity contribution in [3.8, 4) is 5.75 Å². The molecule has 1 atom stereocenters. The van der Waals surface area contributed by atoms with Crippen molar-refractivity contribution in [2.24, 2.45) is 5.73 Å². The van der Waals surface area contributed by atoms with Crippen LogP contribution < -0.4 is 15.8 Å². The third kappa shape index (κ3) is 5.75. The third-order valence-electron chi connectivity index (χ3n) is 5.72. The zero-order valence-corrected chi connectivity index (χ0v) is 18.2. The average molecular weight is 448 g/mol. The number of para-hydroxylation sites is 1. The molecule has 0 bridgehead atoms. The van der Waals surface area contributed by atoms with Gasteiger partial charge in [-0.3, -0.25) is 14.5 Å². The minimum absolute atomic E-state index is 0.213. The number of nitrogens with two attached hydrogens (primary N) is 1. The van der Waals surface area contributed by atoms with Crippen LogP contribution >= 0.6 is 0 Å². The number of amides is 2. The van der Waals surface area contributed by atoms with Crippen molar-refractivity contribution in [2.75, 3.05) is 11.9 Å². The summed E-state index contributed by atoms with van der Waals surface area (Å²) in [5, 5.41) is 2.98. The summed E-state index contributed by atoms with van der Waals surface area (Å²) in [7, 11) is 0. The molecule has 1 aliphatic rings. The van der Waals surface area contributed by atoms with Gasteiger partial charge in [0.1, 0.15) is 18.2 Å². The molecule has 0 spiro atoms. The molecule has 0 radical (unpaired) electrons. The van der Waals surface area contributed by atoms with Crippen molar-refractivity contribution in [1.82, 2.24) is 4.90 Å². The SMILES string of the molecule is NC(=O)C1CCCN1Cc1ccccc1NC(=O)c1cccc(COc2cccc(F)c2)c1. The highest BCUT2D eigenvalue weighted by atomic mass is 19.1. The Bertz CT molecular complexity index is 1150. The molecule has 0 aromatic heterocycles. The maximum absolute atomic E-state index is 13.3. The number of likely N-dealkylation sites (tertiary alicyclic amines) is 1. The molecular formula is C26H26FN3O3. The van der Waals surface area contributed by atoms with Gasteiger partial charge in [-0.15, -0.1) is 0 Å². The molecule has 1 saturated heterocycles. The number of ether oxygens (including phenoxy) is 1. The van der Waals surface area contributed by atoms with E-state index >= 15 is 0 Å². The summed E-state index contributed by atoms with van der Waals surface area (Å²) in [4.78, 5) is 26.7. The number of carbonyl (C=O) groups is 2. The predicted molar refractivity (Wildman–Crippen MR) is 124 cm³/mol. The Morgan fingerprint density at radius 2 is 1.88 bits per heavy atom. The van der Waals surface area contributed by atoms with Gasteiger partial charge in [0, 0.05) is 23.9 Å². The summed E-state index contributed by atoms with van der Waals surface area (Å²) in [6.45, 7) is 1.54. The van der Waals surface area contributed by atoms with E-state index in [0.717, 1.165) is 30.5 Å². The molecule has 1 heterocycles. The first-order valence-corrected chi connectivity index (χ1v) is 10.9. The first-order valence-electron chi connectivity index (χ1n) is 10.9. The van der Waals surface area contributed by atoms with Gasteiger partial charge in [0.2, 0.25) is 5.91 Å². The van der Waals surface area contributed by atoms with Crippen molar-refractivity contribution in [3.05, 3.63) is 95.3 Å². The fourth-order valence-electron chi connectivity index (χ4n) is 4.06. The Labute approximate surface area is 192 Å². The second-order valence-electron chi connectivity index (χ2n) is 8.09. The van der Waals surface area contributed by atoms with Gasteiger partial charge in [-0.05, 0) is 60.8 Å². The van der Waals surface area contributed by atoms with Crippen molar-refractivity contribution in [1.29, 1.82) is 0 Å². The summed E-state index contributed by atoms with van der Waals surface area (Å²) in [5.41, 5.74) is 8.44. The fourth-order valence-corrected chi connectivity index (χ4v) is 4.06. The Kier molecular flexibility index (Phi) is 7.00. The molecule has 33 heavy (non-hydrogen) atoms. The van der Waals surface area contributed by atoms with E-state index in [1.165, 1.54) is 12.1 Å². The number of primary amides is 1. The van der Waals surface area contributed by atoms with Gasteiger partial charge < -0.3 is 15.8 Å². The summed E-state index contributed by atoms with van der Waals surface area (Å²) in [6.07, 6.45) is 1.68. The van der Waals surface area contributed by atoms with Gasteiger partial charge in [0.15, 0.2) is 0 Å². The van der Waals surface area contributed by atoms with Crippen LogP contribution in [-0.2, 0) is 17.9 Å². The molecule has 3 aromatic carbocycles. The van der Waals surface area contributed by atoms with Crippen LogP contribution in [0.2, 0.25) is 0 Å². The lowest BCUT2D eigenvalue weighted by Gasteiger charge is -2.23. The summed E-state index contributed by atoms with van der Waals surface area (Å²) >= 11 is 0. The second-order valence-corrected chi connectivity index (χ2v) is 8.09. The lowest BCUT2D eigenvalue weighted by atomic mass is 10.1. The summed E-state index contributed by atoms with van der Waals surface area (Å²) in [5.74, 6) is -0.500. The molecule has 3 aromatic rings. The molecule has 170 valence electrons. The number of benzene rings is 3. The second kappa shape index (κ2) is 10.3. The molecule has 0 saturated carbocycles. The van der Waals surface area contributed by atoms with Crippen LogP contribution in [0.3, 0.4) is 0 Å². The van der Waals surface area contributed by atoms with Crippen LogP contribution in [0.15, 0.2) is 72.8 Å². The minimum Gasteiger partial charge on any atom is -0.489 e. The topological polar surface area (TPSA) is 84.7 Å². The van der Waals surface area contributed by atoms with Crippen LogP contribution in [0.5, 0.6) is 5.75 Å². The predicted octanol–water partition coefficient (Wildman–Crippen LogP) is 4.11. The van der Waals surface area contributed by atoms with Crippen LogP contribution in [0.25, 0.3) is 0 Å². The molecule has 6 nitrogen and oxygen atoms in total. The Morgan fingerprint density at radius 1 is 1.06 bits per heavy atom. The summed E-state index contributed by atoms with van der Waals surface area (Å²) < 4.78 is 19.0. The maximum atomic E-state index is 13.3. The monoisotopic (exact) mass is 447 g/mol. The van der Waals surface area contributed by atoms with E-state index in [1.54, 1.807) is 30.3 Å². The van der Waals surface area contributed by atoms with E-state index in [9.17, 15) is 14.0 Å². The van der Waals surface area contributed by atoms with Crippen molar-refractivity contribution >= 4 is 17.5 Å². The van der Waals surface area contributed by atoms with Gasteiger partial charge in [-0.2, -0.15) is 0 Å². The number of hydrogen-bond donors (Lipinski definition) is 2. The first kappa shape index (κ1) is 22.5. The highest BCUT2D eigenvalue weighted by Gasteiger charge is 2.29. The maximum Gasteiger partial charge on any atom is 0.255 e. The number of nitrogens with one attached hydrogen (secondary N) is 1. The third-order valence-corrected chi connectivity index (χ3v) is 5.72. The van der Waals surface area contributed by atoms with Crippen molar-refractivity contribution in [3.63, 3.8) is 0 Å². The molecule has 1 unspecified atom stereocenters. The van der Waals surface area contributed by atoms with Crippen molar-refractivity contribution in [2.45, 2.75) is 32.0 Å². The Morgan fingerprint density at radius 3 is 2.70 bits per heavy atom. The molecule has 0 aliphatic carbocycles. The number of halogens is 1. The normalized spacial score (nSPS) is 15.8. The highest BCUT2D eigenvalue weighted by molar-refractivity contribution is 6.04. The fraction of sp³-hybridized carbons (Fsp3) is 0.231. The van der Waals surface area contributed by atoms with Crippen molar-refractivity contribution < 1.29 is 18.7 Å². The standard InChI is InChI=1S/C26H26FN3O3/c27-21-9-4-10-22(15-21)33-17-18-6-3-8-19(14-18)26(32)29-23-11-2-1-7-20(23)16-30-13-5-12-24(30)25(28)31/h1-4,6-11,14-15,24H,5,12-13,16-17H2,(H2,28,31)(H,29,32). The Balaban J connectivity index is 1.43. The smallest absolute Gasteiger partial charge is 0.255 e.